The Morgan fingerprint density at radius 2 is 0.609 bits per heavy atom. The summed E-state index contributed by atoms with van der Waals surface area (Å²) < 4.78 is 0. The quantitative estimate of drug-likeness (QED) is 0.0941. The fourth-order valence-corrected chi connectivity index (χ4v) is 5.56. The van der Waals surface area contributed by atoms with E-state index in [-0.39, 0.29) is 0 Å². The van der Waals surface area contributed by atoms with Crippen LogP contribution in [0, 0.1) is 5.92 Å². The number of hydrogen-bond donors (Lipinski definition) is 1. The predicted octanol–water partition coefficient (Wildman–Crippen LogP) is 14.8. The maximum Gasteiger partial charge on any atom is 0.0433 e. The van der Waals surface area contributed by atoms with Gasteiger partial charge < -0.3 is 5.11 Å². The van der Waals surface area contributed by atoms with Crippen molar-refractivity contribution in [2.24, 2.45) is 5.92 Å². The summed E-state index contributed by atoms with van der Waals surface area (Å²) in [6.45, 7) is 22.9. The van der Waals surface area contributed by atoms with E-state index in [4.69, 9.17) is 5.11 Å². The first-order valence-electron chi connectivity index (χ1n) is 18.8. The van der Waals surface area contributed by atoms with Gasteiger partial charge in [0.05, 0.1) is 0 Å². The first kappa shape index (κ1) is 43.9. The lowest BCUT2D eigenvalue weighted by Gasteiger charge is -2.07. The third kappa shape index (κ3) is 29.3. The molecule has 0 aliphatic heterocycles. The summed E-state index contributed by atoms with van der Waals surface area (Å²) in [6, 6.07) is 0. The summed E-state index contributed by atoms with van der Waals surface area (Å²) in [4.78, 5) is 0. The standard InChI is InChI=1S/C45H76O/c1-37(2)19-11-20-38(3)21-12-22-39(4)23-13-24-40(5)25-14-26-41(6)27-15-28-42(7)29-16-30-43(8)31-17-32-44(9)33-18-34-45(10)35-36-46/h19,21,23,25,27,29,31,33,45-46H,11-18,20,22,24,26,28,30,32,34-36H2,1-10H3. The van der Waals surface area contributed by atoms with Gasteiger partial charge >= 0.3 is 0 Å². The third-order valence-electron chi connectivity index (χ3n) is 9.05. The molecule has 0 aromatic heterocycles. The second-order valence-electron chi connectivity index (χ2n) is 14.6. The Kier molecular flexibility index (Phi) is 27.7. The van der Waals surface area contributed by atoms with Gasteiger partial charge in [0.25, 0.3) is 0 Å². The van der Waals surface area contributed by atoms with E-state index in [9.17, 15) is 0 Å². The Labute approximate surface area is 288 Å². The molecule has 1 nitrogen and oxygen atoms in total. The minimum atomic E-state index is 0.312. The van der Waals surface area contributed by atoms with E-state index in [0.29, 0.717) is 12.5 Å². The van der Waals surface area contributed by atoms with Gasteiger partial charge in [-0.2, -0.15) is 0 Å². The molecule has 0 amide bonds. The molecular weight excluding hydrogens is 556 g/mol. The highest BCUT2D eigenvalue weighted by molar-refractivity contribution is 5.10. The average Bonchev–Trinajstić information content (AvgIpc) is 2.97. The second kappa shape index (κ2) is 29.1. The van der Waals surface area contributed by atoms with Crippen molar-refractivity contribution in [1.82, 2.24) is 0 Å². The molecule has 1 unspecified atom stereocenters. The minimum Gasteiger partial charge on any atom is -0.396 e. The first-order valence-corrected chi connectivity index (χ1v) is 18.8. The van der Waals surface area contributed by atoms with Crippen molar-refractivity contribution in [3.63, 3.8) is 0 Å². The lowest BCUT2D eigenvalue weighted by molar-refractivity contribution is 0.259. The molecule has 1 N–H and O–H groups in total. The molecule has 0 fully saturated rings. The fourth-order valence-electron chi connectivity index (χ4n) is 5.56. The zero-order chi connectivity index (χ0) is 34.6. The molecule has 0 bridgehead atoms. The molecule has 0 aliphatic rings. The van der Waals surface area contributed by atoms with Crippen molar-refractivity contribution in [3.8, 4) is 0 Å². The van der Waals surface area contributed by atoms with Gasteiger partial charge in [-0.3, -0.25) is 0 Å². The molecule has 0 heterocycles. The SMILES string of the molecule is CC(C)=CCCC(C)=CCCC(C)=CCCC(C)=CCCC(C)=CCCC(C)=CCCC(C)=CCCC(C)=CCCC(C)CCO. The lowest BCUT2D eigenvalue weighted by atomic mass is 10.0. The zero-order valence-electron chi connectivity index (χ0n) is 32.4. The van der Waals surface area contributed by atoms with Gasteiger partial charge in [-0.05, 0) is 177 Å². The van der Waals surface area contributed by atoms with E-state index >= 15 is 0 Å². The summed E-state index contributed by atoms with van der Waals surface area (Å²) in [6.07, 6.45) is 39.0. The Bertz CT molecular complexity index is 1040. The summed E-state index contributed by atoms with van der Waals surface area (Å²) in [5.74, 6) is 0.618. The number of aliphatic hydroxyl groups is 1. The molecule has 0 aromatic carbocycles. The molecule has 0 saturated carbocycles. The van der Waals surface area contributed by atoms with E-state index in [2.05, 4.69) is 118 Å². The Morgan fingerprint density at radius 3 is 0.848 bits per heavy atom. The predicted molar refractivity (Wildman–Crippen MR) is 210 cm³/mol. The second-order valence-corrected chi connectivity index (χ2v) is 14.6. The lowest BCUT2D eigenvalue weighted by Crippen LogP contribution is -1.97. The summed E-state index contributed by atoms with van der Waals surface area (Å²) >= 11 is 0. The monoisotopic (exact) mass is 633 g/mol. The molecule has 0 spiro atoms. The number of allylic oxidation sites excluding steroid dienone is 16. The molecule has 0 rings (SSSR count). The number of rotatable bonds is 26. The highest BCUT2D eigenvalue weighted by atomic mass is 16.3. The number of aliphatic hydroxyl groups excluding tert-OH is 1. The van der Waals surface area contributed by atoms with Gasteiger partial charge in [-0.1, -0.05) is 100 Å². The van der Waals surface area contributed by atoms with Crippen molar-refractivity contribution in [3.05, 3.63) is 93.2 Å². The number of hydrogen-bond acceptors (Lipinski definition) is 1. The largest absolute Gasteiger partial charge is 0.396 e. The van der Waals surface area contributed by atoms with Crippen molar-refractivity contribution < 1.29 is 5.11 Å². The van der Waals surface area contributed by atoms with Crippen LogP contribution in [0.3, 0.4) is 0 Å². The zero-order valence-corrected chi connectivity index (χ0v) is 32.4. The van der Waals surface area contributed by atoms with E-state index in [1.165, 1.54) is 102 Å². The van der Waals surface area contributed by atoms with Crippen LogP contribution in [0.25, 0.3) is 0 Å². The summed E-state index contributed by atoms with van der Waals surface area (Å²) in [7, 11) is 0. The van der Waals surface area contributed by atoms with Gasteiger partial charge in [-0.15, -0.1) is 0 Å². The van der Waals surface area contributed by atoms with Crippen LogP contribution in [0.15, 0.2) is 93.2 Å². The summed E-state index contributed by atoms with van der Waals surface area (Å²) in [5.41, 5.74) is 12.1. The Morgan fingerprint density at radius 1 is 0.370 bits per heavy atom. The van der Waals surface area contributed by atoms with E-state index in [1.807, 2.05) is 0 Å². The maximum atomic E-state index is 9.04. The molecule has 1 heteroatoms. The molecule has 0 aliphatic carbocycles. The smallest absolute Gasteiger partial charge is 0.0433 e. The third-order valence-corrected chi connectivity index (χ3v) is 9.05. The van der Waals surface area contributed by atoms with Crippen LogP contribution in [-0.4, -0.2) is 11.7 Å². The minimum absolute atomic E-state index is 0.312. The van der Waals surface area contributed by atoms with Crippen LogP contribution >= 0.6 is 0 Å². The van der Waals surface area contributed by atoms with Crippen LogP contribution in [0.4, 0.5) is 0 Å². The maximum absolute atomic E-state index is 9.04. The fraction of sp³-hybridized carbons (Fsp3) is 0.644. The van der Waals surface area contributed by atoms with Crippen LogP contribution < -0.4 is 0 Å². The van der Waals surface area contributed by atoms with Gasteiger partial charge in [0, 0.05) is 6.61 Å². The summed E-state index contributed by atoms with van der Waals surface area (Å²) in [5, 5.41) is 9.04. The normalized spacial score (nSPS) is 15.1. The molecule has 0 radical (unpaired) electrons. The van der Waals surface area contributed by atoms with Gasteiger partial charge in [-0.25, -0.2) is 0 Å². The highest BCUT2D eigenvalue weighted by Gasteiger charge is 2.00. The van der Waals surface area contributed by atoms with Crippen LogP contribution in [-0.2, 0) is 0 Å². The Hall–Kier alpha value is -2.12. The van der Waals surface area contributed by atoms with E-state index in [1.54, 1.807) is 0 Å². The average molecular weight is 633 g/mol. The molecule has 0 aromatic rings. The van der Waals surface area contributed by atoms with Crippen molar-refractivity contribution in [2.75, 3.05) is 6.61 Å². The molecular formula is C45H76O. The van der Waals surface area contributed by atoms with Crippen molar-refractivity contribution in [2.45, 2.75) is 178 Å². The van der Waals surface area contributed by atoms with E-state index < -0.39 is 0 Å². The van der Waals surface area contributed by atoms with Gasteiger partial charge in [0.15, 0.2) is 0 Å². The molecule has 0 saturated heterocycles. The topological polar surface area (TPSA) is 20.2 Å². The van der Waals surface area contributed by atoms with Crippen LogP contribution in [0.5, 0.6) is 0 Å². The molecule has 1 atom stereocenters. The molecule has 46 heavy (non-hydrogen) atoms. The Balaban J connectivity index is 4.19. The first-order chi connectivity index (χ1) is 21.9. The molecule has 262 valence electrons. The van der Waals surface area contributed by atoms with Gasteiger partial charge in [0.1, 0.15) is 0 Å². The van der Waals surface area contributed by atoms with Crippen molar-refractivity contribution in [1.29, 1.82) is 0 Å². The van der Waals surface area contributed by atoms with Crippen LogP contribution in [0.2, 0.25) is 0 Å². The van der Waals surface area contributed by atoms with Crippen LogP contribution in [0.1, 0.15) is 178 Å². The highest BCUT2D eigenvalue weighted by Crippen LogP contribution is 2.18. The van der Waals surface area contributed by atoms with Gasteiger partial charge in [0.2, 0.25) is 0 Å². The van der Waals surface area contributed by atoms with E-state index in [0.717, 1.165) is 51.4 Å². The van der Waals surface area contributed by atoms with Crippen molar-refractivity contribution >= 4 is 0 Å².